The van der Waals surface area contributed by atoms with E-state index in [-0.39, 0.29) is 5.97 Å². The summed E-state index contributed by atoms with van der Waals surface area (Å²) in [5.74, 6) is -0.204. The Bertz CT molecular complexity index is 327. The fourth-order valence-electron chi connectivity index (χ4n) is 1.65. The Morgan fingerprint density at radius 3 is 2.35 bits per heavy atom. The Labute approximate surface area is 104 Å². The van der Waals surface area contributed by atoms with Crippen LogP contribution in [0.2, 0.25) is 0 Å². The SMILES string of the molecule is CCCCCCOC(=O)c1ccc(CC)cc1. The van der Waals surface area contributed by atoms with E-state index < -0.39 is 0 Å². The minimum Gasteiger partial charge on any atom is -0.462 e. The second-order valence-electron chi connectivity index (χ2n) is 4.25. The highest BCUT2D eigenvalue weighted by Gasteiger charge is 2.05. The third-order valence-electron chi connectivity index (χ3n) is 2.83. The molecule has 1 rings (SSSR count). The number of hydrogen-bond donors (Lipinski definition) is 0. The molecule has 0 unspecified atom stereocenters. The summed E-state index contributed by atoms with van der Waals surface area (Å²) in [6.07, 6.45) is 5.51. The van der Waals surface area contributed by atoms with Gasteiger partial charge in [0.1, 0.15) is 0 Å². The van der Waals surface area contributed by atoms with Crippen molar-refractivity contribution >= 4 is 5.97 Å². The summed E-state index contributed by atoms with van der Waals surface area (Å²) < 4.78 is 5.21. The molecule has 2 nitrogen and oxygen atoms in total. The molecule has 17 heavy (non-hydrogen) atoms. The fraction of sp³-hybridized carbons (Fsp3) is 0.533. The number of benzene rings is 1. The summed E-state index contributed by atoms with van der Waals surface area (Å²) in [6.45, 7) is 4.80. The molecule has 0 fully saturated rings. The van der Waals surface area contributed by atoms with Crippen LogP contribution < -0.4 is 0 Å². The average Bonchev–Trinajstić information content (AvgIpc) is 2.38. The molecule has 0 aromatic heterocycles. The zero-order valence-electron chi connectivity index (χ0n) is 10.9. The molecule has 0 aliphatic heterocycles. The first kappa shape index (κ1) is 13.8. The molecule has 1 aromatic carbocycles. The Morgan fingerprint density at radius 2 is 1.76 bits per heavy atom. The van der Waals surface area contributed by atoms with Crippen LogP contribution >= 0.6 is 0 Å². The van der Waals surface area contributed by atoms with Gasteiger partial charge >= 0.3 is 5.97 Å². The summed E-state index contributed by atoms with van der Waals surface area (Å²) in [5.41, 5.74) is 1.89. The molecule has 2 heteroatoms. The first-order valence-corrected chi connectivity index (χ1v) is 6.54. The molecule has 0 aliphatic rings. The van der Waals surface area contributed by atoms with Crippen LogP contribution in [0.5, 0.6) is 0 Å². The Balaban J connectivity index is 2.31. The lowest BCUT2D eigenvalue weighted by molar-refractivity contribution is 0.0498. The van der Waals surface area contributed by atoms with Gasteiger partial charge in [0.15, 0.2) is 0 Å². The van der Waals surface area contributed by atoms with E-state index in [4.69, 9.17) is 4.74 Å². The van der Waals surface area contributed by atoms with Gasteiger partial charge < -0.3 is 4.74 Å². The van der Waals surface area contributed by atoms with Gasteiger partial charge in [-0.1, -0.05) is 45.2 Å². The van der Waals surface area contributed by atoms with E-state index >= 15 is 0 Å². The third-order valence-corrected chi connectivity index (χ3v) is 2.83. The zero-order valence-corrected chi connectivity index (χ0v) is 10.9. The van der Waals surface area contributed by atoms with Crippen molar-refractivity contribution in [3.63, 3.8) is 0 Å². The molecule has 1 aromatic rings. The van der Waals surface area contributed by atoms with Gasteiger partial charge in [0.05, 0.1) is 12.2 Å². The van der Waals surface area contributed by atoms with Gasteiger partial charge in [-0.05, 0) is 30.5 Å². The number of esters is 1. The van der Waals surface area contributed by atoms with Crippen molar-refractivity contribution in [2.75, 3.05) is 6.61 Å². The number of ether oxygens (including phenoxy) is 1. The molecule has 0 spiro atoms. The lowest BCUT2D eigenvalue weighted by atomic mass is 10.1. The van der Waals surface area contributed by atoms with Gasteiger partial charge in [-0.3, -0.25) is 0 Å². The van der Waals surface area contributed by atoms with Crippen LogP contribution in [-0.2, 0) is 11.2 Å². The topological polar surface area (TPSA) is 26.3 Å². The van der Waals surface area contributed by atoms with Crippen molar-refractivity contribution in [1.82, 2.24) is 0 Å². The van der Waals surface area contributed by atoms with Gasteiger partial charge in [-0.25, -0.2) is 4.79 Å². The monoisotopic (exact) mass is 234 g/mol. The highest BCUT2D eigenvalue weighted by molar-refractivity contribution is 5.89. The molecule has 0 heterocycles. The van der Waals surface area contributed by atoms with Crippen molar-refractivity contribution in [1.29, 1.82) is 0 Å². The smallest absolute Gasteiger partial charge is 0.338 e. The van der Waals surface area contributed by atoms with Crippen LogP contribution in [0.3, 0.4) is 0 Å². The maximum atomic E-state index is 11.7. The minimum atomic E-state index is -0.204. The number of carbonyl (C=O) groups is 1. The summed E-state index contributed by atoms with van der Waals surface area (Å²) in [5, 5.41) is 0. The average molecular weight is 234 g/mol. The Morgan fingerprint density at radius 1 is 1.06 bits per heavy atom. The molecular formula is C15H22O2. The van der Waals surface area contributed by atoms with E-state index in [0.29, 0.717) is 12.2 Å². The van der Waals surface area contributed by atoms with Crippen LogP contribution in [0, 0.1) is 0 Å². The van der Waals surface area contributed by atoms with Crippen LogP contribution in [0.1, 0.15) is 55.5 Å². The van der Waals surface area contributed by atoms with Gasteiger partial charge in [0.25, 0.3) is 0 Å². The minimum absolute atomic E-state index is 0.204. The zero-order chi connectivity index (χ0) is 12.5. The summed E-state index contributed by atoms with van der Waals surface area (Å²) in [6, 6.07) is 7.64. The summed E-state index contributed by atoms with van der Waals surface area (Å²) in [7, 11) is 0. The molecule has 0 atom stereocenters. The summed E-state index contributed by atoms with van der Waals surface area (Å²) >= 11 is 0. The molecule has 0 saturated carbocycles. The second-order valence-corrected chi connectivity index (χ2v) is 4.25. The van der Waals surface area contributed by atoms with E-state index in [1.807, 2.05) is 24.3 Å². The van der Waals surface area contributed by atoms with E-state index in [1.165, 1.54) is 18.4 Å². The maximum Gasteiger partial charge on any atom is 0.338 e. The van der Waals surface area contributed by atoms with E-state index in [2.05, 4.69) is 13.8 Å². The van der Waals surface area contributed by atoms with Crippen LogP contribution in [-0.4, -0.2) is 12.6 Å². The number of aryl methyl sites for hydroxylation is 1. The van der Waals surface area contributed by atoms with Crippen LogP contribution in [0.15, 0.2) is 24.3 Å². The molecule has 0 saturated heterocycles. The molecule has 0 amide bonds. The standard InChI is InChI=1S/C15H22O2/c1-3-5-6-7-12-17-15(16)14-10-8-13(4-2)9-11-14/h8-11H,3-7,12H2,1-2H3. The van der Waals surface area contributed by atoms with Crippen molar-refractivity contribution < 1.29 is 9.53 Å². The predicted molar refractivity (Wildman–Crippen MR) is 70.2 cm³/mol. The van der Waals surface area contributed by atoms with E-state index in [9.17, 15) is 4.79 Å². The number of hydrogen-bond acceptors (Lipinski definition) is 2. The van der Waals surface area contributed by atoms with Crippen molar-refractivity contribution in [2.45, 2.75) is 46.0 Å². The van der Waals surface area contributed by atoms with Crippen molar-refractivity contribution in [2.24, 2.45) is 0 Å². The molecule has 0 bridgehead atoms. The number of carbonyl (C=O) groups excluding carboxylic acids is 1. The largest absolute Gasteiger partial charge is 0.462 e. The molecular weight excluding hydrogens is 212 g/mol. The highest BCUT2D eigenvalue weighted by atomic mass is 16.5. The van der Waals surface area contributed by atoms with E-state index in [0.717, 1.165) is 19.3 Å². The highest BCUT2D eigenvalue weighted by Crippen LogP contribution is 2.07. The molecule has 0 N–H and O–H groups in total. The van der Waals surface area contributed by atoms with Gasteiger partial charge in [-0.2, -0.15) is 0 Å². The van der Waals surface area contributed by atoms with Gasteiger partial charge in [-0.15, -0.1) is 0 Å². The Kier molecular flexibility index (Phi) is 6.38. The second kappa shape index (κ2) is 7.88. The molecule has 0 aliphatic carbocycles. The maximum absolute atomic E-state index is 11.7. The van der Waals surface area contributed by atoms with Crippen molar-refractivity contribution in [3.8, 4) is 0 Å². The van der Waals surface area contributed by atoms with Crippen LogP contribution in [0.25, 0.3) is 0 Å². The number of rotatable bonds is 7. The normalized spacial score (nSPS) is 10.2. The van der Waals surface area contributed by atoms with Gasteiger partial charge in [0, 0.05) is 0 Å². The Hall–Kier alpha value is -1.31. The first-order chi connectivity index (χ1) is 8.27. The molecule has 0 radical (unpaired) electrons. The lowest BCUT2D eigenvalue weighted by Crippen LogP contribution is -2.06. The van der Waals surface area contributed by atoms with Gasteiger partial charge in [0.2, 0.25) is 0 Å². The number of unbranched alkanes of at least 4 members (excludes halogenated alkanes) is 3. The van der Waals surface area contributed by atoms with Crippen LogP contribution in [0.4, 0.5) is 0 Å². The third kappa shape index (κ3) is 5.03. The molecule has 94 valence electrons. The predicted octanol–water partition coefficient (Wildman–Crippen LogP) is 3.99. The fourth-order valence-corrected chi connectivity index (χ4v) is 1.65. The lowest BCUT2D eigenvalue weighted by Gasteiger charge is -2.05. The summed E-state index contributed by atoms with van der Waals surface area (Å²) in [4.78, 5) is 11.7. The quantitative estimate of drug-likeness (QED) is 0.527. The first-order valence-electron chi connectivity index (χ1n) is 6.54. The van der Waals surface area contributed by atoms with E-state index in [1.54, 1.807) is 0 Å². The van der Waals surface area contributed by atoms with Crippen molar-refractivity contribution in [3.05, 3.63) is 35.4 Å².